The highest BCUT2D eigenvalue weighted by Gasteiger charge is 2.30. The molecule has 0 aromatic carbocycles. The van der Waals surface area contributed by atoms with Gasteiger partial charge in [0.15, 0.2) is 0 Å². The van der Waals surface area contributed by atoms with Crippen molar-refractivity contribution < 1.29 is 17.6 Å². The number of ether oxygens (including phenoxy) is 1. The highest BCUT2D eigenvalue weighted by Crippen LogP contribution is 2.15. The van der Waals surface area contributed by atoms with E-state index in [0.717, 1.165) is 17.3 Å². The van der Waals surface area contributed by atoms with Gasteiger partial charge in [-0.2, -0.15) is 16.1 Å². The number of nitrogens with zero attached hydrogens (tertiary/aromatic N) is 1. The lowest BCUT2D eigenvalue weighted by molar-refractivity contribution is -0.0440. The molecule has 132 valence electrons. The lowest BCUT2D eigenvalue weighted by atomic mass is 10.3. The average Bonchev–Trinajstić information content (AvgIpc) is 2.91. The van der Waals surface area contributed by atoms with Gasteiger partial charge in [0, 0.05) is 19.6 Å². The fraction of sp³-hybridized carbons (Fsp3) is 0.733. The van der Waals surface area contributed by atoms with Gasteiger partial charge in [0.05, 0.1) is 30.3 Å². The van der Waals surface area contributed by atoms with Crippen LogP contribution in [0.1, 0.15) is 25.4 Å². The Labute approximate surface area is 143 Å². The standard InChI is InChI=1S/C15H26N2O4S2/c1-12-9-17(10-13(2)20-12)23(18,19)7-6-16-8-14-4-5-15(21-14)11-22-3/h4-5,12-13,16H,6-11H2,1-3H3/t12-,13-/m1/s1. The predicted molar refractivity (Wildman–Crippen MR) is 93.0 cm³/mol. The van der Waals surface area contributed by atoms with Crippen molar-refractivity contribution in [2.24, 2.45) is 0 Å². The number of morpholine rings is 1. The highest BCUT2D eigenvalue weighted by atomic mass is 32.2. The minimum atomic E-state index is -3.25. The van der Waals surface area contributed by atoms with Gasteiger partial charge in [-0.3, -0.25) is 0 Å². The van der Waals surface area contributed by atoms with Crippen molar-refractivity contribution in [1.29, 1.82) is 0 Å². The second-order valence-corrected chi connectivity index (χ2v) is 8.82. The number of furan rings is 1. The average molecular weight is 363 g/mol. The molecule has 6 nitrogen and oxygen atoms in total. The molecule has 2 rings (SSSR count). The molecule has 1 fully saturated rings. The molecule has 23 heavy (non-hydrogen) atoms. The Balaban J connectivity index is 1.75. The Kier molecular flexibility index (Phi) is 6.97. The van der Waals surface area contributed by atoms with Gasteiger partial charge in [0.2, 0.25) is 10.0 Å². The van der Waals surface area contributed by atoms with Gasteiger partial charge in [-0.15, -0.1) is 0 Å². The molecular weight excluding hydrogens is 336 g/mol. The molecule has 1 N–H and O–H groups in total. The van der Waals surface area contributed by atoms with Gasteiger partial charge < -0.3 is 14.5 Å². The second-order valence-electron chi connectivity index (χ2n) is 5.87. The number of rotatable bonds is 8. The minimum absolute atomic E-state index is 0.0561. The third kappa shape index (κ3) is 5.79. The van der Waals surface area contributed by atoms with Crippen molar-refractivity contribution in [2.45, 2.75) is 38.4 Å². The monoisotopic (exact) mass is 362 g/mol. The number of nitrogens with one attached hydrogen (secondary N) is 1. The first-order valence-electron chi connectivity index (χ1n) is 7.81. The third-order valence-electron chi connectivity index (χ3n) is 3.62. The van der Waals surface area contributed by atoms with Crippen molar-refractivity contribution in [2.75, 3.05) is 31.6 Å². The molecule has 8 heteroatoms. The summed E-state index contributed by atoms with van der Waals surface area (Å²) in [5.74, 6) is 2.71. The number of thioether (sulfide) groups is 1. The van der Waals surface area contributed by atoms with E-state index in [1.54, 1.807) is 11.8 Å². The predicted octanol–water partition coefficient (Wildman–Crippen LogP) is 1.67. The summed E-state index contributed by atoms with van der Waals surface area (Å²) in [5, 5.41) is 3.14. The summed E-state index contributed by atoms with van der Waals surface area (Å²) in [7, 11) is -3.25. The molecule has 2 heterocycles. The van der Waals surface area contributed by atoms with E-state index < -0.39 is 10.0 Å². The summed E-state index contributed by atoms with van der Waals surface area (Å²) in [4.78, 5) is 0. The molecule has 1 aliphatic rings. The van der Waals surface area contributed by atoms with Crippen LogP contribution in [0.3, 0.4) is 0 Å². The number of hydrogen-bond acceptors (Lipinski definition) is 6. The Bertz CT molecular complexity index is 578. The normalized spacial score (nSPS) is 23.3. The molecule has 1 saturated heterocycles. The van der Waals surface area contributed by atoms with E-state index in [2.05, 4.69) is 5.32 Å². The summed E-state index contributed by atoms with van der Waals surface area (Å²) in [6.45, 7) is 5.62. The summed E-state index contributed by atoms with van der Waals surface area (Å²) in [6.07, 6.45) is 1.91. The van der Waals surface area contributed by atoms with Gasteiger partial charge in [-0.25, -0.2) is 8.42 Å². The van der Waals surface area contributed by atoms with Crippen LogP contribution in [0.4, 0.5) is 0 Å². The van der Waals surface area contributed by atoms with E-state index >= 15 is 0 Å². The maximum atomic E-state index is 12.4. The van der Waals surface area contributed by atoms with Crippen molar-refractivity contribution >= 4 is 21.8 Å². The quantitative estimate of drug-likeness (QED) is 0.710. The molecule has 1 aromatic rings. The van der Waals surface area contributed by atoms with Crippen LogP contribution in [0.5, 0.6) is 0 Å². The largest absolute Gasteiger partial charge is 0.464 e. The molecule has 0 bridgehead atoms. The molecule has 2 atom stereocenters. The third-order valence-corrected chi connectivity index (χ3v) is 6.00. The summed E-state index contributed by atoms with van der Waals surface area (Å²) in [5.41, 5.74) is 0. The fourth-order valence-corrected chi connectivity index (χ4v) is 4.61. The Morgan fingerprint density at radius 3 is 2.57 bits per heavy atom. The lowest BCUT2D eigenvalue weighted by Gasteiger charge is -2.34. The topological polar surface area (TPSA) is 71.8 Å². The number of hydrogen-bond donors (Lipinski definition) is 1. The van der Waals surface area contributed by atoms with E-state index in [1.807, 2.05) is 32.2 Å². The van der Waals surface area contributed by atoms with Crippen LogP contribution >= 0.6 is 11.8 Å². The Morgan fingerprint density at radius 2 is 1.91 bits per heavy atom. The van der Waals surface area contributed by atoms with Crippen molar-refractivity contribution in [3.8, 4) is 0 Å². The van der Waals surface area contributed by atoms with Gasteiger partial charge in [0.1, 0.15) is 11.5 Å². The minimum Gasteiger partial charge on any atom is -0.464 e. The molecule has 0 aliphatic carbocycles. The van der Waals surface area contributed by atoms with Crippen molar-refractivity contribution in [1.82, 2.24) is 9.62 Å². The van der Waals surface area contributed by atoms with Crippen molar-refractivity contribution in [3.63, 3.8) is 0 Å². The van der Waals surface area contributed by atoms with Crippen LogP contribution in [0, 0.1) is 0 Å². The van der Waals surface area contributed by atoms with Gasteiger partial charge in [0.25, 0.3) is 0 Å². The maximum absolute atomic E-state index is 12.4. The molecule has 0 amide bonds. The Morgan fingerprint density at radius 1 is 1.26 bits per heavy atom. The summed E-state index contributed by atoms with van der Waals surface area (Å²) >= 11 is 1.71. The van der Waals surface area contributed by atoms with Crippen LogP contribution in [0.2, 0.25) is 0 Å². The molecule has 1 aliphatic heterocycles. The summed E-state index contributed by atoms with van der Waals surface area (Å²) < 4.78 is 37.5. The smallest absolute Gasteiger partial charge is 0.215 e. The van der Waals surface area contributed by atoms with E-state index in [-0.39, 0.29) is 18.0 Å². The zero-order valence-corrected chi connectivity index (χ0v) is 15.6. The molecule has 0 unspecified atom stereocenters. The fourth-order valence-electron chi connectivity index (χ4n) is 2.64. The van der Waals surface area contributed by atoms with Crippen LogP contribution in [-0.4, -0.2) is 56.6 Å². The first-order chi connectivity index (χ1) is 10.9. The van der Waals surface area contributed by atoms with Crippen molar-refractivity contribution in [3.05, 3.63) is 23.7 Å². The molecule has 0 spiro atoms. The lowest BCUT2D eigenvalue weighted by Crippen LogP contribution is -2.49. The summed E-state index contributed by atoms with van der Waals surface area (Å²) in [6, 6.07) is 3.89. The van der Waals surface area contributed by atoms with E-state index in [0.29, 0.717) is 26.2 Å². The first-order valence-corrected chi connectivity index (χ1v) is 10.8. The molecule has 0 saturated carbocycles. The van der Waals surface area contributed by atoms with Gasteiger partial charge >= 0.3 is 0 Å². The van der Waals surface area contributed by atoms with Crippen LogP contribution in [0.15, 0.2) is 16.5 Å². The molecule has 0 radical (unpaired) electrons. The maximum Gasteiger partial charge on any atom is 0.215 e. The van der Waals surface area contributed by atoms with E-state index in [4.69, 9.17) is 9.15 Å². The van der Waals surface area contributed by atoms with Crippen LogP contribution < -0.4 is 5.32 Å². The van der Waals surface area contributed by atoms with Gasteiger partial charge in [-0.05, 0) is 32.2 Å². The molecular formula is C15H26N2O4S2. The zero-order chi connectivity index (χ0) is 16.9. The van der Waals surface area contributed by atoms with E-state index in [9.17, 15) is 8.42 Å². The van der Waals surface area contributed by atoms with Gasteiger partial charge in [-0.1, -0.05) is 0 Å². The first kappa shape index (κ1) is 18.8. The SMILES string of the molecule is CSCc1ccc(CNCCS(=O)(=O)N2C[C@@H](C)O[C@H](C)C2)o1. The highest BCUT2D eigenvalue weighted by molar-refractivity contribution is 7.97. The number of sulfonamides is 1. The van der Waals surface area contributed by atoms with Crippen LogP contribution in [-0.2, 0) is 27.1 Å². The van der Waals surface area contributed by atoms with Crippen LogP contribution in [0.25, 0.3) is 0 Å². The van der Waals surface area contributed by atoms with E-state index in [1.165, 1.54) is 4.31 Å². The molecule has 1 aromatic heterocycles. The Hall–Kier alpha value is -0.540. The zero-order valence-electron chi connectivity index (χ0n) is 13.9. The second kappa shape index (κ2) is 8.53.